The summed E-state index contributed by atoms with van der Waals surface area (Å²) in [5.41, 5.74) is 2.50. The lowest BCUT2D eigenvalue weighted by Crippen LogP contribution is -2.30. The molecule has 3 N–H and O–H groups in total. The number of alkyl halides is 3. The van der Waals surface area contributed by atoms with Gasteiger partial charge in [-0.15, -0.1) is 11.3 Å². The van der Waals surface area contributed by atoms with Gasteiger partial charge >= 0.3 is 15.5 Å². The van der Waals surface area contributed by atoms with Gasteiger partial charge in [0.2, 0.25) is 5.91 Å². The molecule has 0 radical (unpaired) electrons. The van der Waals surface area contributed by atoms with Gasteiger partial charge in [-0.2, -0.15) is 21.6 Å². The van der Waals surface area contributed by atoms with Crippen molar-refractivity contribution in [2.45, 2.75) is 31.8 Å². The first kappa shape index (κ1) is 30.6. The summed E-state index contributed by atoms with van der Waals surface area (Å²) in [4.78, 5) is 17.8. The number of para-hydroxylation sites is 1. The lowest BCUT2D eigenvalue weighted by molar-refractivity contribution is -0.114. The number of primary amides is 1. The Hall–Kier alpha value is -3.88. The topological polar surface area (TPSA) is 120 Å². The average Bonchev–Trinajstić information content (AvgIpc) is 3.68. The number of nitrogens with one attached hydrogen (secondary N) is 1. The Kier molecular flexibility index (Phi) is 8.54. The maximum absolute atomic E-state index is 13.1. The number of fused-ring (bicyclic) bond motifs is 1. The zero-order valence-corrected chi connectivity index (χ0v) is 25.7. The Morgan fingerprint density at radius 1 is 1.19 bits per heavy atom. The van der Waals surface area contributed by atoms with E-state index in [1.807, 2.05) is 41.1 Å². The van der Waals surface area contributed by atoms with Crippen molar-refractivity contribution in [2.24, 2.45) is 5.73 Å². The molecule has 8 nitrogen and oxygen atoms in total. The average molecular weight is 694 g/mol. The van der Waals surface area contributed by atoms with Gasteiger partial charge < -0.3 is 14.7 Å². The zero-order chi connectivity index (χ0) is 30.9. The molecule has 0 unspecified atom stereocenters. The molecule has 0 saturated heterocycles. The van der Waals surface area contributed by atoms with E-state index >= 15 is 0 Å². The van der Waals surface area contributed by atoms with Crippen molar-refractivity contribution in [3.8, 4) is 11.3 Å². The van der Waals surface area contributed by atoms with E-state index in [4.69, 9.17) is 10.2 Å². The molecular weight excluding hydrogens is 669 g/mol. The van der Waals surface area contributed by atoms with Gasteiger partial charge in [-0.05, 0) is 63.3 Å². The molecule has 0 fully saturated rings. The van der Waals surface area contributed by atoms with Crippen LogP contribution in [0.3, 0.4) is 0 Å². The number of carbonyl (C=O) groups excluding carboxylic acids is 1. The van der Waals surface area contributed by atoms with Crippen molar-refractivity contribution >= 4 is 65.9 Å². The van der Waals surface area contributed by atoms with Crippen LogP contribution in [0.25, 0.3) is 28.4 Å². The molecule has 0 spiro atoms. The van der Waals surface area contributed by atoms with Crippen LogP contribution in [-0.4, -0.2) is 29.4 Å². The third-order valence-corrected chi connectivity index (χ3v) is 9.38. The van der Waals surface area contributed by atoms with E-state index < -0.39 is 21.4 Å². The predicted octanol–water partition coefficient (Wildman–Crippen LogP) is 7.10. The third-order valence-electron chi connectivity index (χ3n) is 6.62. The molecular formula is C29H24BrF3N4O4S2. The standard InChI is InChI=1S/C29H24BrF3N4O4S2/c1-2-25-35-15-19(13-18(28(34)38)14-20-6-5-11-42-20)37(25)16-17-9-10-24-22(12-17)26(30)27(41-24)21-7-3-4-8-23(21)36-43(39,40)29(31,32)33/h3-13,15,36H,2,14,16H2,1H3,(H2,34,38)/b18-13+. The number of nitrogens with two attached hydrogens (primary N) is 1. The molecule has 0 aliphatic rings. The van der Waals surface area contributed by atoms with E-state index in [9.17, 15) is 26.4 Å². The van der Waals surface area contributed by atoms with Crippen molar-refractivity contribution in [3.63, 3.8) is 0 Å². The quantitative estimate of drug-likeness (QED) is 0.151. The van der Waals surface area contributed by atoms with Crippen LogP contribution >= 0.6 is 27.3 Å². The van der Waals surface area contributed by atoms with Gasteiger partial charge in [0.05, 0.1) is 22.1 Å². The fourth-order valence-corrected chi connectivity index (χ4v) is 6.45. The summed E-state index contributed by atoms with van der Waals surface area (Å²) >= 11 is 5.04. The summed E-state index contributed by atoms with van der Waals surface area (Å²) < 4.78 is 72.8. The Balaban J connectivity index is 1.50. The van der Waals surface area contributed by atoms with E-state index in [1.165, 1.54) is 29.5 Å². The summed E-state index contributed by atoms with van der Waals surface area (Å²) in [5, 5.41) is 2.56. The molecule has 5 rings (SSSR count). The number of carbonyl (C=O) groups is 1. The fraction of sp³-hybridized carbons (Fsp3) is 0.172. The molecule has 0 aliphatic heterocycles. The summed E-state index contributed by atoms with van der Waals surface area (Å²) in [6.07, 6.45) is 4.48. The van der Waals surface area contributed by atoms with Crippen LogP contribution in [0.2, 0.25) is 0 Å². The number of furan rings is 1. The fourth-order valence-electron chi connectivity index (χ4n) is 4.54. The van der Waals surface area contributed by atoms with Crippen LogP contribution in [-0.2, 0) is 34.2 Å². The molecule has 14 heteroatoms. The van der Waals surface area contributed by atoms with E-state index in [0.717, 1.165) is 16.3 Å². The number of hydrogen-bond donors (Lipinski definition) is 2. The van der Waals surface area contributed by atoms with Crippen LogP contribution in [0.4, 0.5) is 18.9 Å². The minimum atomic E-state index is -5.65. The molecule has 0 aliphatic carbocycles. The van der Waals surface area contributed by atoms with E-state index in [0.29, 0.717) is 46.1 Å². The maximum atomic E-state index is 13.1. The van der Waals surface area contributed by atoms with E-state index in [2.05, 4.69) is 20.9 Å². The molecule has 3 heterocycles. The second kappa shape index (κ2) is 12.0. The minimum absolute atomic E-state index is 0.125. The molecule has 0 atom stereocenters. The number of thiophene rings is 1. The zero-order valence-electron chi connectivity index (χ0n) is 22.5. The van der Waals surface area contributed by atoms with Gasteiger partial charge in [0.25, 0.3) is 0 Å². The minimum Gasteiger partial charge on any atom is -0.455 e. The number of nitrogens with zero attached hydrogens (tertiary/aromatic N) is 2. The van der Waals surface area contributed by atoms with Gasteiger partial charge in [-0.25, -0.2) is 4.98 Å². The number of sulfonamides is 1. The first-order chi connectivity index (χ1) is 20.4. The number of anilines is 1. The summed E-state index contributed by atoms with van der Waals surface area (Å²) in [7, 11) is -5.65. The molecule has 3 aromatic heterocycles. The molecule has 2 aromatic carbocycles. The highest BCUT2D eigenvalue weighted by Crippen LogP contribution is 2.42. The first-order valence-electron chi connectivity index (χ1n) is 12.8. The van der Waals surface area contributed by atoms with Gasteiger partial charge in [-0.3, -0.25) is 9.52 Å². The van der Waals surface area contributed by atoms with Crippen molar-refractivity contribution < 1.29 is 30.8 Å². The highest BCUT2D eigenvalue weighted by atomic mass is 79.9. The maximum Gasteiger partial charge on any atom is 0.516 e. The van der Waals surface area contributed by atoms with Crippen LogP contribution in [0.1, 0.15) is 28.9 Å². The molecule has 5 aromatic rings. The molecule has 0 bridgehead atoms. The highest BCUT2D eigenvalue weighted by molar-refractivity contribution is 9.10. The number of rotatable bonds is 10. The smallest absolute Gasteiger partial charge is 0.455 e. The predicted molar refractivity (Wildman–Crippen MR) is 164 cm³/mol. The van der Waals surface area contributed by atoms with Gasteiger partial charge in [-0.1, -0.05) is 31.2 Å². The van der Waals surface area contributed by atoms with Crippen LogP contribution < -0.4 is 10.5 Å². The van der Waals surface area contributed by atoms with Crippen LogP contribution in [0.15, 0.2) is 80.6 Å². The molecule has 43 heavy (non-hydrogen) atoms. The largest absolute Gasteiger partial charge is 0.516 e. The Morgan fingerprint density at radius 3 is 2.63 bits per heavy atom. The van der Waals surface area contributed by atoms with Crippen molar-refractivity contribution in [3.05, 3.63) is 98.2 Å². The first-order valence-corrected chi connectivity index (χ1v) is 16.0. The summed E-state index contributed by atoms with van der Waals surface area (Å²) in [5.74, 6) is 0.435. The Morgan fingerprint density at radius 2 is 1.95 bits per heavy atom. The molecule has 1 amide bonds. The monoisotopic (exact) mass is 692 g/mol. The van der Waals surface area contributed by atoms with E-state index in [-0.39, 0.29) is 17.0 Å². The number of hydrogen-bond acceptors (Lipinski definition) is 6. The summed E-state index contributed by atoms with van der Waals surface area (Å²) in [6.45, 7) is 2.37. The van der Waals surface area contributed by atoms with Crippen molar-refractivity contribution in [1.82, 2.24) is 9.55 Å². The van der Waals surface area contributed by atoms with Crippen LogP contribution in [0.5, 0.6) is 0 Å². The number of imidazole rings is 1. The van der Waals surface area contributed by atoms with Crippen molar-refractivity contribution in [2.75, 3.05) is 4.72 Å². The Labute approximate surface area is 257 Å². The van der Waals surface area contributed by atoms with E-state index in [1.54, 1.807) is 29.1 Å². The van der Waals surface area contributed by atoms with Gasteiger partial charge in [0, 0.05) is 40.8 Å². The summed E-state index contributed by atoms with van der Waals surface area (Å²) in [6, 6.07) is 14.9. The number of benzene rings is 2. The molecule has 0 saturated carbocycles. The number of halogens is 4. The van der Waals surface area contributed by atoms with Gasteiger partial charge in [0.15, 0.2) is 5.76 Å². The third kappa shape index (κ3) is 6.40. The second-order valence-corrected chi connectivity index (χ2v) is 13.0. The number of aromatic nitrogens is 2. The molecule has 224 valence electrons. The van der Waals surface area contributed by atoms with Crippen LogP contribution in [0, 0.1) is 0 Å². The number of aryl methyl sites for hydroxylation is 1. The lowest BCUT2D eigenvalue weighted by atomic mass is 10.1. The normalized spacial score (nSPS) is 12.6. The van der Waals surface area contributed by atoms with Gasteiger partial charge in [0.1, 0.15) is 11.4 Å². The highest BCUT2D eigenvalue weighted by Gasteiger charge is 2.46. The number of amides is 1. The second-order valence-electron chi connectivity index (χ2n) is 9.50. The SMILES string of the molecule is CCc1ncc(/C=C(\Cc2cccs2)C(N)=O)n1Cc1ccc2oc(-c3ccccc3NS(=O)(=O)C(F)(F)F)c(Br)c2c1. The Bertz CT molecular complexity index is 1950. The lowest BCUT2D eigenvalue weighted by Gasteiger charge is -2.13. The van der Waals surface area contributed by atoms with Crippen molar-refractivity contribution in [1.29, 1.82) is 0 Å².